The second-order valence-corrected chi connectivity index (χ2v) is 5.86. The van der Waals surface area contributed by atoms with E-state index in [0.717, 1.165) is 35.8 Å². The number of anilines is 1. The monoisotopic (exact) mass is 266 g/mol. The minimum absolute atomic E-state index is 0.763. The Morgan fingerprint density at radius 1 is 1.44 bits per heavy atom. The van der Waals surface area contributed by atoms with E-state index in [4.69, 9.17) is 11.6 Å². The van der Waals surface area contributed by atoms with Gasteiger partial charge in [-0.3, -0.25) is 4.90 Å². The SMILES string of the molecule is CC(C)C1CCCN1CCNc1cccc(Cl)c1. The van der Waals surface area contributed by atoms with Gasteiger partial charge in [-0.25, -0.2) is 0 Å². The van der Waals surface area contributed by atoms with Crippen LogP contribution in [0.15, 0.2) is 24.3 Å². The van der Waals surface area contributed by atoms with Crippen molar-refractivity contribution in [3.8, 4) is 0 Å². The zero-order chi connectivity index (χ0) is 13.0. The van der Waals surface area contributed by atoms with E-state index in [2.05, 4.69) is 30.1 Å². The van der Waals surface area contributed by atoms with Crippen molar-refractivity contribution in [2.45, 2.75) is 32.7 Å². The molecule has 2 nitrogen and oxygen atoms in total. The maximum atomic E-state index is 5.97. The number of nitrogens with one attached hydrogen (secondary N) is 1. The molecule has 0 aliphatic carbocycles. The molecule has 1 saturated heterocycles. The van der Waals surface area contributed by atoms with Crippen LogP contribution in [0.2, 0.25) is 5.02 Å². The van der Waals surface area contributed by atoms with Gasteiger partial charge in [-0.2, -0.15) is 0 Å². The molecule has 1 aliphatic heterocycles. The van der Waals surface area contributed by atoms with Crippen molar-refractivity contribution in [2.24, 2.45) is 5.92 Å². The first-order chi connectivity index (χ1) is 8.66. The van der Waals surface area contributed by atoms with E-state index >= 15 is 0 Å². The lowest BCUT2D eigenvalue weighted by molar-refractivity contribution is 0.214. The standard InChI is InChI=1S/C15H23ClN2/c1-12(2)15-7-4-9-18(15)10-8-17-14-6-3-5-13(16)11-14/h3,5-6,11-12,15,17H,4,7-10H2,1-2H3. The van der Waals surface area contributed by atoms with Crippen LogP contribution >= 0.6 is 11.6 Å². The highest BCUT2D eigenvalue weighted by Gasteiger charge is 2.26. The molecule has 0 bridgehead atoms. The molecule has 1 fully saturated rings. The lowest BCUT2D eigenvalue weighted by Crippen LogP contribution is -2.36. The zero-order valence-electron chi connectivity index (χ0n) is 11.3. The Kier molecular flexibility index (Phi) is 4.90. The molecule has 1 N–H and O–H groups in total. The summed E-state index contributed by atoms with van der Waals surface area (Å²) >= 11 is 5.97. The molecule has 0 aromatic heterocycles. The topological polar surface area (TPSA) is 15.3 Å². The Morgan fingerprint density at radius 3 is 3.00 bits per heavy atom. The predicted octanol–water partition coefficient (Wildman–Crippen LogP) is 3.87. The zero-order valence-corrected chi connectivity index (χ0v) is 12.1. The summed E-state index contributed by atoms with van der Waals surface area (Å²) in [5.41, 5.74) is 1.11. The molecule has 3 heteroatoms. The summed E-state index contributed by atoms with van der Waals surface area (Å²) in [5.74, 6) is 0.763. The largest absolute Gasteiger partial charge is 0.384 e. The molecule has 18 heavy (non-hydrogen) atoms. The molecule has 0 spiro atoms. The van der Waals surface area contributed by atoms with Gasteiger partial charge in [0.2, 0.25) is 0 Å². The Bertz CT molecular complexity index is 379. The molecule has 1 aromatic rings. The third-order valence-corrected chi connectivity index (χ3v) is 3.97. The van der Waals surface area contributed by atoms with Crippen LogP contribution in [0.5, 0.6) is 0 Å². The fourth-order valence-corrected chi connectivity index (χ4v) is 3.02. The quantitative estimate of drug-likeness (QED) is 0.870. The average Bonchev–Trinajstić information content (AvgIpc) is 2.77. The predicted molar refractivity (Wildman–Crippen MR) is 79.4 cm³/mol. The van der Waals surface area contributed by atoms with Crippen molar-refractivity contribution in [3.05, 3.63) is 29.3 Å². The molecular formula is C15H23ClN2. The van der Waals surface area contributed by atoms with Crippen molar-refractivity contribution < 1.29 is 0 Å². The van der Waals surface area contributed by atoms with Gasteiger partial charge in [0.1, 0.15) is 0 Å². The van der Waals surface area contributed by atoms with Crippen molar-refractivity contribution >= 4 is 17.3 Å². The van der Waals surface area contributed by atoms with Gasteiger partial charge >= 0.3 is 0 Å². The van der Waals surface area contributed by atoms with E-state index in [0.29, 0.717) is 0 Å². The summed E-state index contributed by atoms with van der Waals surface area (Å²) in [6.45, 7) is 8.01. The maximum Gasteiger partial charge on any atom is 0.0426 e. The highest BCUT2D eigenvalue weighted by atomic mass is 35.5. The van der Waals surface area contributed by atoms with Crippen LogP contribution in [0.25, 0.3) is 0 Å². The van der Waals surface area contributed by atoms with Crippen molar-refractivity contribution in [3.63, 3.8) is 0 Å². The second kappa shape index (κ2) is 6.44. The fourth-order valence-electron chi connectivity index (χ4n) is 2.83. The summed E-state index contributed by atoms with van der Waals surface area (Å²) in [6.07, 6.45) is 2.70. The Hall–Kier alpha value is -0.730. The molecule has 0 saturated carbocycles. The minimum Gasteiger partial charge on any atom is -0.384 e. The summed E-state index contributed by atoms with van der Waals surface area (Å²) in [5, 5.41) is 4.24. The highest BCUT2D eigenvalue weighted by Crippen LogP contribution is 2.23. The van der Waals surface area contributed by atoms with Crippen LogP contribution in [0.1, 0.15) is 26.7 Å². The van der Waals surface area contributed by atoms with Crippen LogP contribution < -0.4 is 5.32 Å². The summed E-state index contributed by atoms with van der Waals surface area (Å²) in [6, 6.07) is 8.70. The molecule has 2 rings (SSSR count). The molecule has 1 aromatic carbocycles. The number of benzene rings is 1. The summed E-state index contributed by atoms with van der Waals surface area (Å²) in [4.78, 5) is 2.61. The van der Waals surface area contributed by atoms with Gasteiger partial charge in [0.15, 0.2) is 0 Å². The lowest BCUT2D eigenvalue weighted by atomic mass is 10.0. The van der Waals surface area contributed by atoms with Gasteiger partial charge in [-0.1, -0.05) is 31.5 Å². The van der Waals surface area contributed by atoms with Gasteiger partial charge in [0, 0.05) is 29.8 Å². The lowest BCUT2D eigenvalue weighted by Gasteiger charge is -2.27. The van der Waals surface area contributed by atoms with Crippen molar-refractivity contribution in [1.29, 1.82) is 0 Å². The molecular weight excluding hydrogens is 244 g/mol. The van der Waals surface area contributed by atoms with Gasteiger partial charge in [-0.15, -0.1) is 0 Å². The number of hydrogen-bond acceptors (Lipinski definition) is 2. The summed E-state index contributed by atoms with van der Waals surface area (Å²) in [7, 11) is 0. The van der Waals surface area contributed by atoms with Crippen LogP contribution in [-0.2, 0) is 0 Å². The van der Waals surface area contributed by atoms with Crippen LogP contribution in [-0.4, -0.2) is 30.6 Å². The highest BCUT2D eigenvalue weighted by molar-refractivity contribution is 6.30. The van der Waals surface area contributed by atoms with Gasteiger partial charge in [0.05, 0.1) is 0 Å². The van der Waals surface area contributed by atoms with E-state index in [1.165, 1.54) is 19.4 Å². The third kappa shape index (κ3) is 3.63. The molecule has 100 valence electrons. The average molecular weight is 267 g/mol. The van der Waals surface area contributed by atoms with Crippen LogP contribution in [0.4, 0.5) is 5.69 Å². The first-order valence-electron chi connectivity index (χ1n) is 6.90. The third-order valence-electron chi connectivity index (χ3n) is 3.74. The van der Waals surface area contributed by atoms with Gasteiger partial charge in [-0.05, 0) is 43.5 Å². The van der Waals surface area contributed by atoms with Gasteiger partial charge < -0.3 is 5.32 Å². The Balaban J connectivity index is 1.78. The number of likely N-dealkylation sites (tertiary alicyclic amines) is 1. The maximum absolute atomic E-state index is 5.97. The Labute approximate surface area is 115 Å². The molecule has 1 aliphatic rings. The van der Waals surface area contributed by atoms with Gasteiger partial charge in [0.25, 0.3) is 0 Å². The number of rotatable bonds is 5. The summed E-state index contributed by atoms with van der Waals surface area (Å²) < 4.78 is 0. The smallest absolute Gasteiger partial charge is 0.0426 e. The normalized spacial score (nSPS) is 20.6. The van der Waals surface area contributed by atoms with E-state index in [-0.39, 0.29) is 0 Å². The Morgan fingerprint density at radius 2 is 2.28 bits per heavy atom. The second-order valence-electron chi connectivity index (χ2n) is 5.43. The molecule has 0 radical (unpaired) electrons. The fraction of sp³-hybridized carbons (Fsp3) is 0.600. The van der Waals surface area contributed by atoms with E-state index < -0.39 is 0 Å². The van der Waals surface area contributed by atoms with Crippen LogP contribution in [0.3, 0.4) is 0 Å². The minimum atomic E-state index is 0.763. The molecule has 0 amide bonds. The van der Waals surface area contributed by atoms with Crippen molar-refractivity contribution in [1.82, 2.24) is 4.90 Å². The molecule has 1 heterocycles. The molecule has 1 atom stereocenters. The van der Waals surface area contributed by atoms with E-state index in [9.17, 15) is 0 Å². The number of halogens is 1. The first kappa shape index (κ1) is 13.7. The number of nitrogens with zero attached hydrogens (tertiary/aromatic N) is 1. The number of hydrogen-bond donors (Lipinski definition) is 1. The van der Waals surface area contributed by atoms with E-state index in [1.807, 2.05) is 18.2 Å². The first-order valence-corrected chi connectivity index (χ1v) is 7.28. The molecule has 1 unspecified atom stereocenters. The van der Waals surface area contributed by atoms with Crippen LogP contribution in [0, 0.1) is 5.92 Å². The van der Waals surface area contributed by atoms with Crippen molar-refractivity contribution in [2.75, 3.05) is 25.0 Å². The van der Waals surface area contributed by atoms with E-state index in [1.54, 1.807) is 0 Å².